The number of nitrogens with zero attached hydrogens (tertiary/aromatic N) is 3. The van der Waals surface area contributed by atoms with E-state index in [1.54, 1.807) is 4.90 Å². The predicted molar refractivity (Wildman–Crippen MR) is 79.1 cm³/mol. The van der Waals surface area contributed by atoms with Crippen molar-refractivity contribution in [2.75, 3.05) is 47.3 Å². The van der Waals surface area contributed by atoms with Gasteiger partial charge in [-0.15, -0.1) is 0 Å². The smallest absolute Gasteiger partial charge is 0.239 e. The van der Waals surface area contributed by atoms with Crippen LogP contribution in [-0.2, 0) is 4.79 Å². The molecule has 1 aliphatic heterocycles. The average molecular weight is 270 g/mol. The zero-order valence-corrected chi connectivity index (χ0v) is 12.9. The van der Waals surface area contributed by atoms with Gasteiger partial charge < -0.3 is 20.4 Å². The molecular weight excluding hydrogens is 240 g/mol. The Hall–Kier alpha value is -0.650. The van der Waals surface area contributed by atoms with Crippen molar-refractivity contribution < 1.29 is 4.79 Å². The van der Waals surface area contributed by atoms with Gasteiger partial charge in [-0.1, -0.05) is 6.92 Å². The van der Waals surface area contributed by atoms with Crippen LogP contribution >= 0.6 is 0 Å². The lowest BCUT2D eigenvalue weighted by Crippen LogP contribution is -2.47. The summed E-state index contributed by atoms with van der Waals surface area (Å²) in [5, 5.41) is 0. The van der Waals surface area contributed by atoms with Gasteiger partial charge in [0.05, 0.1) is 6.04 Å². The normalized spacial score (nSPS) is 19.7. The molecule has 0 aromatic heterocycles. The summed E-state index contributed by atoms with van der Waals surface area (Å²) in [5.74, 6) is 0.0549. The van der Waals surface area contributed by atoms with Crippen LogP contribution < -0.4 is 5.73 Å². The van der Waals surface area contributed by atoms with E-state index in [4.69, 9.17) is 5.73 Å². The minimum atomic E-state index is -0.348. The summed E-state index contributed by atoms with van der Waals surface area (Å²) in [6.45, 7) is 5.97. The Labute approximate surface area is 117 Å². The molecule has 0 aromatic carbocycles. The summed E-state index contributed by atoms with van der Waals surface area (Å²) in [6, 6.07) is 0.304. The zero-order chi connectivity index (χ0) is 14.4. The van der Waals surface area contributed by atoms with E-state index in [1.807, 2.05) is 14.0 Å². The van der Waals surface area contributed by atoms with Crippen LogP contribution in [0.25, 0.3) is 0 Å². The molecule has 0 spiro atoms. The summed E-state index contributed by atoms with van der Waals surface area (Å²) in [6.07, 6.45) is 3.15. The lowest BCUT2D eigenvalue weighted by atomic mass is 10.0. The van der Waals surface area contributed by atoms with E-state index in [1.165, 1.54) is 25.9 Å². The fraction of sp³-hybridized carbons (Fsp3) is 0.929. The molecule has 1 saturated heterocycles. The molecule has 0 radical (unpaired) electrons. The first-order valence-electron chi connectivity index (χ1n) is 7.35. The van der Waals surface area contributed by atoms with Gasteiger partial charge in [0.2, 0.25) is 5.91 Å². The fourth-order valence-electron chi connectivity index (χ4n) is 2.49. The molecule has 0 saturated carbocycles. The lowest BCUT2D eigenvalue weighted by Gasteiger charge is -2.36. The zero-order valence-electron chi connectivity index (χ0n) is 12.9. The van der Waals surface area contributed by atoms with E-state index in [-0.39, 0.29) is 11.9 Å². The molecule has 5 nitrogen and oxygen atoms in total. The molecule has 2 N–H and O–H groups in total. The van der Waals surface area contributed by atoms with Crippen molar-refractivity contribution in [3.8, 4) is 0 Å². The second kappa shape index (κ2) is 7.82. The number of likely N-dealkylation sites (tertiary alicyclic amines) is 1. The second-order valence-electron chi connectivity index (χ2n) is 5.79. The maximum absolute atomic E-state index is 11.9. The average Bonchev–Trinajstić information content (AvgIpc) is 2.43. The minimum absolute atomic E-state index is 0.0549. The van der Waals surface area contributed by atoms with E-state index < -0.39 is 0 Å². The number of nitrogens with two attached hydrogens (primary N) is 1. The maximum Gasteiger partial charge on any atom is 0.239 e. The van der Waals surface area contributed by atoms with Crippen molar-refractivity contribution in [3.05, 3.63) is 0 Å². The van der Waals surface area contributed by atoms with Gasteiger partial charge in [0.25, 0.3) is 0 Å². The maximum atomic E-state index is 11.9. The highest BCUT2D eigenvalue weighted by Gasteiger charge is 2.21. The number of rotatable bonds is 6. The van der Waals surface area contributed by atoms with Gasteiger partial charge in [-0.05, 0) is 46.4 Å². The minimum Gasteiger partial charge on any atom is -0.343 e. The predicted octanol–water partition coefficient (Wildman–Crippen LogP) is 0.208. The van der Waals surface area contributed by atoms with Crippen LogP contribution in [0.1, 0.15) is 26.2 Å². The van der Waals surface area contributed by atoms with E-state index in [0.29, 0.717) is 12.5 Å². The van der Waals surface area contributed by atoms with Crippen molar-refractivity contribution in [2.45, 2.75) is 38.3 Å². The van der Waals surface area contributed by atoms with Crippen LogP contribution in [0.2, 0.25) is 0 Å². The fourth-order valence-corrected chi connectivity index (χ4v) is 2.49. The number of likely N-dealkylation sites (N-methyl/N-ethyl adjacent to an activating group) is 2. The third-order valence-corrected chi connectivity index (χ3v) is 4.23. The van der Waals surface area contributed by atoms with Crippen molar-refractivity contribution in [2.24, 2.45) is 5.73 Å². The number of hydrogen-bond donors (Lipinski definition) is 1. The van der Waals surface area contributed by atoms with E-state index in [9.17, 15) is 4.79 Å². The topological polar surface area (TPSA) is 52.8 Å². The Bertz CT molecular complexity index is 277. The van der Waals surface area contributed by atoms with Gasteiger partial charge in [-0.2, -0.15) is 0 Å². The molecule has 0 unspecified atom stereocenters. The molecule has 1 heterocycles. The largest absolute Gasteiger partial charge is 0.343 e. The second-order valence-corrected chi connectivity index (χ2v) is 5.79. The summed E-state index contributed by atoms with van der Waals surface area (Å²) in [7, 11) is 6.18. The summed E-state index contributed by atoms with van der Waals surface area (Å²) in [4.78, 5) is 18.4. The quantitative estimate of drug-likeness (QED) is 0.749. The number of carbonyl (C=O) groups is 1. The lowest BCUT2D eigenvalue weighted by molar-refractivity contribution is -0.131. The number of hydrogen-bond acceptors (Lipinski definition) is 4. The Morgan fingerprint density at radius 2 is 1.89 bits per heavy atom. The Morgan fingerprint density at radius 1 is 1.32 bits per heavy atom. The number of piperidine rings is 1. The molecule has 1 aliphatic rings. The number of carbonyl (C=O) groups excluding carboxylic acids is 1. The molecule has 5 heteroatoms. The van der Waals surface area contributed by atoms with Crippen molar-refractivity contribution in [1.29, 1.82) is 0 Å². The Morgan fingerprint density at radius 3 is 2.42 bits per heavy atom. The van der Waals surface area contributed by atoms with Gasteiger partial charge in [0.1, 0.15) is 0 Å². The molecule has 0 aliphatic carbocycles. The summed E-state index contributed by atoms with van der Waals surface area (Å²) >= 11 is 0. The van der Waals surface area contributed by atoms with Crippen molar-refractivity contribution in [1.82, 2.24) is 14.7 Å². The van der Waals surface area contributed by atoms with E-state index in [0.717, 1.165) is 13.1 Å². The van der Waals surface area contributed by atoms with Crippen LogP contribution in [0.5, 0.6) is 0 Å². The highest BCUT2D eigenvalue weighted by atomic mass is 16.2. The molecule has 112 valence electrons. The molecular formula is C14H30N4O. The van der Waals surface area contributed by atoms with Crippen LogP contribution in [0, 0.1) is 0 Å². The van der Waals surface area contributed by atoms with Gasteiger partial charge in [0.15, 0.2) is 0 Å². The van der Waals surface area contributed by atoms with Gasteiger partial charge in [0, 0.05) is 26.2 Å². The van der Waals surface area contributed by atoms with E-state index >= 15 is 0 Å². The van der Waals surface area contributed by atoms with Gasteiger partial charge >= 0.3 is 0 Å². The molecule has 0 bridgehead atoms. The van der Waals surface area contributed by atoms with E-state index in [2.05, 4.69) is 23.9 Å². The van der Waals surface area contributed by atoms with Crippen LogP contribution in [-0.4, -0.2) is 80.0 Å². The van der Waals surface area contributed by atoms with Crippen LogP contribution in [0.3, 0.4) is 0 Å². The first-order valence-corrected chi connectivity index (χ1v) is 7.35. The number of amides is 1. The molecule has 1 rings (SSSR count). The summed E-state index contributed by atoms with van der Waals surface area (Å²) in [5.41, 5.74) is 5.77. The molecule has 1 atom stereocenters. The van der Waals surface area contributed by atoms with Crippen molar-refractivity contribution >= 4 is 5.91 Å². The highest BCUT2D eigenvalue weighted by molar-refractivity contribution is 5.81. The molecule has 0 aromatic rings. The third kappa shape index (κ3) is 5.09. The highest BCUT2D eigenvalue weighted by Crippen LogP contribution is 2.13. The Balaban J connectivity index is 2.29. The Kier molecular flexibility index (Phi) is 6.75. The first-order chi connectivity index (χ1) is 8.95. The molecule has 1 amide bonds. The monoisotopic (exact) mass is 270 g/mol. The summed E-state index contributed by atoms with van der Waals surface area (Å²) < 4.78 is 0. The van der Waals surface area contributed by atoms with Crippen LogP contribution in [0.4, 0.5) is 0 Å². The third-order valence-electron chi connectivity index (χ3n) is 4.23. The SMILES string of the molecule is CC[C@@H](N)C(=O)N(C)CCN(C)C1CCN(C)CC1. The molecule has 19 heavy (non-hydrogen) atoms. The first kappa shape index (κ1) is 16.4. The van der Waals surface area contributed by atoms with Gasteiger partial charge in [-0.3, -0.25) is 4.79 Å². The standard InChI is InChI=1S/C14H30N4O/c1-5-13(15)14(19)18(4)11-10-17(3)12-6-8-16(2)9-7-12/h12-13H,5-11,15H2,1-4H3/t13-/m1/s1. The molecule has 1 fully saturated rings. The van der Waals surface area contributed by atoms with Crippen molar-refractivity contribution in [3.63, 3.8) is 0 Å². The van der Waals surface area contributed by atoms with Crippen LogP contribution in [0.15, 0.2) is 0 Å². The van der Waals surface area contributed by atoms with Gasteiger partial charge in [-0.25, -0.2) is 0 Å².